The Labute approximate surface area is 82.5 Å². The SMILES string of the molecule is CN(C)/N=C\c1ccccc1C(=O)O. The summed E-state index contributed by atoms with van der Waals surface area (Å²) in [4.78, 5) is 10.8. The molecule has 74 valence electrons. The van der Waals surface area contributed by atoms with E-state index in [1.807, 2.05) is 0 Å². The summed E-state index contributed by atoms with van der Waals surface area (Å²) in [7, 11) is 3.56. The molecule has 14 heavy (non-hydrogen) atoms. The van der Waals surface area contributed by atoms with Crippen molar-refractivity contribution in [2.45, 2.75) is 0 Å². The number of hydrogen-bond acceptors (Lipinski definition) is 3. The summed E-state index contributed by atoms with van der Waals surface area (Å²) >= 11 is 0. The summed E-state index contributed by atoms with van der Waals surface area (Å²) in [6.45, 7) is 0. The summed E-state index contributed by atoms with van der Waals surface area (Å²) in [5.41, 5.74) is 0.867. The number of nitrogens with zero attached hydrogens (tertiary/aromatic N) is 2. The third kappa shape index (κ3) is 2.58. The van der Waals surface area contributed by atoms with Crippen LogP contribution in [0, 0.1) is 0 Å². The summed E-state index contributed by atoms with van der Waals surface area (Å²) in [6.07, 6.45) is 1.53. The van der Waals surface area contributed by atoms with Crippen LogP contribution in [0.25, 0.3) is 0 Å². The number of rotatable bonds is 3. The van der Waals surface area contributed by atoms with Gasteiger partial charge >= 0.3 is 5.97 Å². The fourth-order valence-electron chi connectivity index (χ4n) is 0.982. The van der Waals surface area contributed by atoms with Crippen LogP contribution in [0.4, 0.5) is 0 Å². The number of aromatic carboxylic acids is 1. The molecule has 0 spiro atoms. The average Bonchev–Trinajstić information content (AvgIpc) is 2.15. The second-order valence-corrected chi connectivity index (χ2v) is 2.98. The van der Waals surface area contributed by atoms with Crippen LogP contribution in [0.2, 0.25) is 0 Å². The van der Waals surface area contributed by atoms with Crippen molar-refractivity contribution < 1.29 is 9.90 Å². The van der Waals surface area contributed by atoms with E-state index in [4.69, 9.17) is 5.11 Å². The molecule has 4 nitrogen and oxygen atoms in total. The highest BCUT2D eigenvalue weighted by Crippen LogP contribution is 2.05. The first kappa shape index (κ1) is 10.2. The molecule has 0 atom stereocenters. The number of carbonyl (C=O) groups is 1. The van der Waals surface area contributed by atoms with E-state index in [2.05, 4.69) is 5.10 Å². The van der Waals surface area contributed by atoms with E-state index in [0.717, 1.165) is 0 Å². The number of carboxylic acids is 1. The highest BCUT2D eigenvalue weighted by atomic mass is 16.4. The second kappa shape index (κ2) is 4.41. The van der Waals surface area contributed by atoms with Crippen molar-refractivity contribution in [3.05, 3.63) is 35.4 Å². The summed E-state index contributed by atoms with van der Waals surface area (Å²) in [5, 5.41) is 14.4. The van der Waals surface area contributed by atoms with Gasteiger partial charge in [-0.3, -0.25) is 0 Å². The molecule has 0 heterocycles. The van der Waals surface area contributed by atoms with Crippen LogP contribution in [-0.4, -0.2) is 36.4 Å². The molecular formula is C10H12N2O2. The maximum Gasteiger partial charge on any atom is 0.336 e. The van der Waals surface area contributed by atoms with Crippen molar-refractivity contribution in [1.82, 2.24) is 5.01 Å². The van der Waals surface area contributed by atoms with E-state index in [1.165, 1.54) is 6.21 Å². The highest BCUT2D eigenvalue weighted by Gasteiger charge is 2.06. The first-order chi connectivity index (χ1) is 6.61. The van der Waals surface area contributed by atoms with Crippen molar-refractivity contribution in [1.29, 1.82) is 0 Å². The molecule has 0 aliphatic carbocycles. The van der Waals surface area contributed by atoms with Gasteiger partial charge in [0.2, 0.25) is 0 Å². The van der Waals surface area contributed by atoms with Gasteiger partial charge in [-0.05, 0) is 6.07 Å². The molecule has 0 radical (unpaired) electrons. The zero-order valence-corrected chi connectivity index (χ0v) is 8.14. The van der Waals surface area contributed by atoms with Gasteiger partial charge in [0, 0.05) is 19.7 Å². The molecule has 0 saturated heterocycles. The van der Waals surface area contributed by atoms with Crippen LogP contribution in [0.1, 0.15) is 15.9 Å². The average molecular weight is 192 g/mol. The molecule has 0 aliphatic heterocycles. The Morgan fingerprint density at radius 2 is 2.07 bits per heavy atom. The Hall–Kier alpha value is -1.84. The van der Waals surface area contributed by atoms with Crippen LogP contribution in [0.3, 0.4) is 0 Å². The minimum Gasteiger partial charge on any atom is -0.478 e. The largest absolute Gasteiger partial charge is 0.478 e. The monoisotopic (exact) mass is 192 g/mol. The van der Waals surface area contributed by atoms with Crippen molar-refractivity contribution in [3.8, 4) is 0 Å². The molecule has 0 aromatic heterocycles. The first-order valence-electron chi connectivity index (χ1n) is 4.15. The molecule has 1 N–H and O–H groups in total. The fraction of sp³-hybridized carbons (Fsp3) is 0.200. The Morgan fingerprint density at radius 3 is 2.64 bits per heavy atom. The summed E-state index contributed by atoms with van der Waals surface area (Å²) in [6, 6.07) is 6.75. The van der Waals surface area contributed by atoms with E-state index >= 15 is 0 Å². The number of carboxylic acid groups (broad SMARTS) is 1. The lowest BCUT2D eigenvalue weighted by molar-refractivity contribution is 0.0697. The van der Waals surface area contributed by atoms with Gasteiger partial charge in [-0.2, -0.15) is 5.10 Å². The van der Waals surface area contributed by atoms with Gasteiger partial charge in [0.25, 0.3) is 0 Å². The lowest BCUT2D eigenvalue weighted by atomic mass is 10.1. The molecule has 1 aromatic carbocycles. The molecule has 0 amide bonds. The molecule has 1 rings (SSSR count). The predicted octanol–water partition coefficient (Wildman–Crippen LogP) is 1.28. The van der Waals surface area contributed by atoms with Crippen LogP contribution in [0.15, 0.2) is 29.4 Å². The van der Waals surface area contributed by atoms with Crippen LogP contribution in [0.5, 0.6) is 0 Å². The lowest BCUT2D eigenvalue weighted by Gasteiger charge is -2.03. The first-order valence-corrected chi connectivity index (χ1v) is 4.15. The van der Waals surface area contributed by atoms with Gasteiger partial charge in [0.1, 0.15) is 0 Å². The molecule has 0 aliphatic rings. The van der Waals surface area contributed by atoms with Crippen molar-refractivity contribution in [2.24, 2.45) is 5.10 Å². The van der Waals surface area contributed by atoms with Gasteiger partial charge in [0.15, 0.2) is 0 Å². The third-order valence-electron chi connectivity index (χ3n) is 1.62. The fourth-order valence-corrected chi connectivity index (χ4v) is 0.982. The summed E-state index contributed by atoms with van der Waals surface area (Å²) < 4.78 is 0. The lowest BCUT2D eigenvalue weighted by Crippen LogP contribution is -2.05. The number of benzene rings is 1. The van der Waals surface area contributed by atoms with E-state index in [9.17, 15) is 4.79 Å². The molecule has 0 fully saturated rings. The standard InChI is InChI=1S/C10H12N2O2/c1-12(2)11-7-8-5-3-4-6-9(8)10(13)14/h3-7H,1-2H3,(H,13,14)/b11-7-. The topological polar surface area (TPSA) is 52.9 Å². The minimum atomic E-state index is -0.939. The van der Waals surface area contributed by atoms with Gasteiger partial charge < -0.3 is 10.1 Å². The van der Waals surface area contributed by atoms with Gasteiger partial charge in [0.05, 0.1) is 11.8 Å². The molecular weight excluding hydrogens is 180 g/mol. The Kier molecular flexibility index (Phi) is 3.23. The minimum absolute atomic E-state index is 0.262. The number of hydrogen-bond donors (Lipinski definition) is 1. The molecule has 0 saturated carbocycles. The quantitative estimate of drug-likeness (QED) is 0.579. The third-order valence-corrected chi connectivity index (χ3v) is 1.62. The van der Waals surface area contributed by atoms with Crippen molar-refractivity contribution >= 4 is 12.2 Å². The second-order valence-electron chi connectivity index (χ2n) is 2.98. The Balaban J connectivity index is 3.02. The van der Waals surface area contributed by atoms with Crippen LogP contribution >= 0.6 is 0 Å². The predicted molar refractivity (Wildman–Crippen MR) is 54.7 cm³/mol. The zero-order valence-electron chi connectivity index (χ0n) is 8.14. The van der Waals surface area contributed by atoms with E-state index in [-0.39, 0.29) is 5.56 Å². The normalized spacial score (nSPS) is 10.4. The molecule has 4 heteroatoms. The van der Waals surface area contributed by atoms with Crippen molar-refractivity contribution in [2.75, 3.05) is 14.1 Å². The molecule has 0 unspecified atom stereocenters. The van der Waals surface area contributed by atoms with Crippen LogP contribution in [-0.2, 0) is 0 Å². The summed E-state index contributed by atoms with van der Waals surface area (Å²) in [5.74, 6) is -0.939. The van der Waals surface area contributed by atoms with Crippen LogP contribution < -0.4 is 0 Å². The Bertz CT molecular complexity index is 359. The Morgan fingerprint density at radius 1 is 1.43 bits per heavy atom. The molecule has 1 aromatic rings. The van der Waals surface area contributed by atoms with Gasteiger partial charge in [-0.15, -0.1) is 0 Å². The van der Waals surface area contributed by atoms with E-state index in [0.29, 0.717) is 5.56 Å². The highest BCUT2D eigenvalue weighted by molar-refractivity contribution is 5.98. The number of hydrazone groups is 1. The van der Waals surface area contributed by atoms with E-state index in [1.54, 1.807) is 43.4 Å². The molecule has 0 bridgehead atoms. The van der Waals surface area contributed by atoms with Crippen molar-refractivity contribution in [3.63, 3.8) is 0 Å². The maximum atomic E-state index is 10.8. The van der Waals surface area contributed by atoms with Gasteiger partial charge in [-0.25, -0.2) is 4.79 Å². The smallest absolute Gasteiger partial charge is 0.336 e. The van der Waals surface area contributed by atoms with Gasteiger partial charge in [-0.1, -0.05) is 18.2 Å². The zero-order chi connectivity index (χ0) is 10.6. The maximum absolute atomic E-state index is 10.8. The van der Waals surface area contributed by atoms with E-state index < -0.39 is 5.97 Å².